The molecule has 2 aromatic rings. The SMILES string of the molecule is CC1CC(c2cc[n+]([O-])c(Cl)c2)(c2nncn2C)C1. The first-order chi connectivity index (χ1) is 9.03. The molecular formula is C13H15ClN4O. The normalized spacial score (nSPS) is 26.2. The van der Waals surface area contributed by atoms with Gasteiger partial charge in [0.25, 0.3) is 5.15 Å². The Morgan fingerprint density at radius 3 is 2.79 bits per heavy atom. The quantitative estimate of drug-likeness (QED) is 0.478. The zero-order chi connectivity index (χ0) is 13.6. The van der Waals surface area contributed by atoms with Crippen LogP contribution < -0.4 is 4.73 Å². The Kier molecular flexibility index (Phi) is 2.74. The molecule has 6 heteroatoms. The predicted molar refractivity (Wildman–Crippen MR) is 70.6 cm³/mol. The molecule has 0 spiro atoms. The molecule has 1 aliphatic rings. The number of hydrogen-bond donors (Lipinski definition) is 0. The van der Waals surface area contributed by atoms with E-state index in [0.717, 1.165) is 24.2 Å². The second kappa shape index (κ2) is 4.20. The van der Waals surface area contributed by atoms with Crippen molar-refractivity contribution < 1.29 is 4.73 Å². The van der Waals surface area contributed by atoms with E-state index in [1.807, 2.05) is 17.7 Å². The minimum atomic E-state index is -0.164. The van der Waals surface area contributed by atoms with Gasteiger partial charge in [-0.05, 0) is 35.9 Å². The highest BCUT2D eigenvalue weighted by Gasteiger charge is 2.48. The molecule has 1 fully saturated rings. The summed E-state index contributed by atoms with van der Waals surface area (Å²) in [5.74, 6) is 1.57. The van der Waals surface area contributed by atoms with Gasteiger partial charge >= 0.3 is 0 Å². The van der Waals surface area contributed by atoms with E-state index < -0.39 is 0 Å². The topological polar surface area (TPSA) is 57.6 Å². The Morgan fingerprint density at radius 1 is 1.53 bits per heavy atom. The van der Waals surface area contributed by atoms with Crippen molar-refractivity contribution in [3.05, 3.63) is 46.4 Å². The van der Waals surface area contributed by atoms with Gasteiger partial charge < -0.3 is 9.77 Å². The lowest BCUT2D eigenvalue weighted by atomic mass is 9.59. The van der Waals surface area contributed by atoms with Gasteiger partial charge in [-0.25, -0.2) is 0 Å². The number of aromatic nitrogens is 4. The summed E-state index contributed by atoms with van der Waals surface area (Å²) in [5.41, 5.74) is 0.876. The highest BCUT2D eigenvalue weighted by Crippen LogP contribution is 2.51. The molecule has 0 saturated heterocycles. The number of aryl methyl sites for hydroxylation is 1. The summed E-state index contributed by atoms with van der Waals surface area (Å²) in [6.45, 7) is 2.22. The van der Waals surface area contributed by atoms with Crippen molar-refractivity contribution in [2.45, 2.75) is 25.2 Å². The molecule has 0 bridgehead atoms. The third-order valence-electron chi connectivity index (χ3n) is 3.96. The van der Waals surface area contributed by atoms with Gasteiger partial charge in [0.15, 0.2) is 6.20 Å². The average molecular weight is 279 g/mol. The second-order valence-corrected chi connectivity index (χ2v) is 5.81. The van der Waals surface area contributed by atoms with Crippen LogP contribution in [-0.2, 0) is 12.5 Å². The summed E-state index contributed by atoms with van der Waals surface area (Å²) in [6, 6.07) is 3.58. The maximum absolute atomic E-state index is 11.4. The maximum Gasteiger partial charge on any atom is 0.286 e. The van der Waals surface area contributed by atoms with E-state index in [2.05, 4.69) is 17.1 Å². The molecule has 0 unspecified atom stereocenters. The van der Waals surface area contributed by atoms with Gasteiger partial charge in [0.05, 0.1) is 5.41 Å². The highest BCUT2D eigenvalue weighted by molar-refractivity contribution is 6.28. The average Bonchev–Trinajstić information content (AvgIpc) is 2.75. The fraction of sp³-hybridized carbons (Fsp3) is 0.462. The van der Waals surface area contributed by atoms with Crippen LogP contribution in [-0.4, -0.2) is 14.8 Å². The van der Waals surface area contributed by atoms with E-state index in [0.29, 0.717) is 10.6 Å². The maximum atomic E-state index is 11.4. The van der Waals surface area contributed by atoms with Gasteiger partial charge in [-0.2, -0.15) is 4.73 Å². The van der Waals surface area contributed by atoms with E-state index in [-0.39, 0.29) is 10.6 Å². The summed E-state index contributed by atoms with van der Waals surface area (Å²) in [4.78, 5) is 0. The number of rotatable bonds is 2. The van der Waals surface area contributed by atoms with Crippen LogP contribution in [0, 0.1) is 11.1 Å². The zero-order valence-corrected chi connectivity index (χ0v) is 11.6. The van der Waals surface area contributed by atoms with Crippen LogP contribution in [0.4, 0.5) is 0 Å². The van der Waals surface area contributed by atoms with E-state index in [4.69, 9.17) is 11.6 Å². The molecule has 2 heterocycles. The monoisotopic (exact) mass is 278 g/mol. The second-order valence-electron chi connectivity index (χ2n) is 5.42. The lowest BCUT2D eigenvalue weighted by Gasteiger charge is -2.45. The van der Waals surface area contributed by atoms with Crippen molar-refractivity contribution in [1.82, 2.24) is 14.8 Å². The highest BCUT2D eigenvalue weighted by atomic mass is 35.5. The smallest absolute Gasteiger partial charge is 0.286 e. The molecule has 0 atom stereocenters. The van der Waals surface area contributed by atoms with Crippen LogP contribution in [0.15, 0.2) is 24.7 Å². The molecular weight excluding hydrogens is 264 g/mol. The summed E-state index contributed by atoms with van der Waals surface area (Å²) in [5, 5.41) is 19.8. The minimum absolute atomic E-state index is 0.164. The van der Waals surface area contributed by atoms with E-state index in [1.54, 1.807) is 12.4 Å². The molecule has 0 aromatic carbocycles. The van der Waals surface area contributed by atoms with Crippen LogP contribution >= 0.6 is 11.6 Å². The molecule has 100 valence electrons. The summed E-state index contributed by atoms with van der Waals surface area (Å²) in [6.07, 6.45) is 5.16. The van der Waals surface area contributed by atoms with E-state index in [1.165, 1.54) is 6.20 Å². The Bertz CT molecular complexity index is 619. The van der Waals surface area contributed by atoms with Crippen molar-refractivity contribution in [2.24, 2.45) is 13.0 Å². The van der Waals surface area contributed by atoms with E-state index >= 15 is 0 Å². The first-order valence-electron chi connectivity index (χ1n) is 6.26. The molecule has 0 amide bonds. The Labute approximate surface area is 116 Å². The van der Waals surface area contributed by atoms with E-state index in [9.17, 15) is 5.21 Å². The van der Waals surface area contributed by atoms with Crippen molar-refractivity contribution in [3.63, 3.8) is 0 Å². The van der Waals surface area contributed by atoms with Crippen LogP contribution in [0.5, 0.6) is 0 Å². The molecule has 0 radical (unpaired) electrons. The van der Waals surface area contributed by atoms with Gasteiger partial charge in [-0.1, -0.05) is 6.92 Å². The number of nitrogens with zero attached hydrogens (tertiary/aromatic N) is 4. The predicted octanol–water partition coefficient (Wildman–Crippen LogP) is 1.82. The third-order valence-corrected chi connectivity index (χ3v) is 4.24. The minimum Gasteiger partial charge on any atom is -0.618 e. The lowest BCUT2D eigenvalue weighted by molar-refractivity contribution is -0.603. The van der Waals surface area contributed by atoms with Crippen LogP contribution in [0.2, 0.25) is 5.15 Å². The molecule has 19 heavy (non-hydrogen) atoms. The Balaban J connectivity index is 2.11. The summed E-state index contributed by atoms with van der Waals surface area (Å²) >= 11 is 5.95. The van der Waals surface area contributed by atoms with Crippen molar-refractivity contribution >= 4 is 11.6 Å². The Hall–Kier alpha value is -1.62. The van der Waals surface area contributed by atoms with Gasteiger partial charge in [0, 0.05) is 19.2 Å². The standard InChI is InChI=1S/C13H15ClN4O/c1-9-6-13(7-9,12-16-15-8-17(12)2)10-3-4-18(19)11(14)5-10/h3-5,8-9H,6-7H2,1-2H3. The fourth-order valence-corrected chi connectivity index (χ4v) is 3.32. The van der Waals surface area contributed by atoms with Gasteiger partial charge in [0.2, 0.25) is 0 Å². The van der Waals surface area contributed by atoms with Crippen LogP contribution in [0.1, 0.15) is 31.2 Å². The number of pyridine rings is 1. The first kappa shape index (κ1) is 12.4. The molecule has 1 aliphatic carbocycles. The van der Waals surface area contributed by atoms with Gasteiger partial charge in [0.1, 0.15) is 12.2 Å². The molecule has 2 aromatic heterocycles. The van der Waals surface area contributed by atoms with Crippen LogP contribution in [0.3, 0.4) is 0 Å². The van der Waals surface area contributed by atoms with Crippen molar-refractivity contribution in [1.29, 1.82) is 0 Å². The van der Waals surface area contributed by atoms with Crippen molar-refractivity contribution in [3.8, 4) is 0 Å². The molecule has 3 rings (SSSR count). The lowest BCUT2D eigenvalue weighted by Crippen LogP contribution is -2.44. The largest absolute Gasteiger partial charge is 0.618 e. The fourth-order valence-electron chi connectivity index (χ4n) is 3.15. The molecule has 5 nitrogen and oxygen atoms in total. The number of hydrogen-bond acceptors (Lipinski definition) is 3. The summed E-state index contributed by atoms with van der Waals surface area (Å²) in [7, 11) is 1.94. The first-order valence-corrected chi connectivity index (χ1v) is 6.64. The zero-order valence-electron chi connectivity index (χ0n) is 10.9. The molecule has 0 aliphatic heterocycles. The van der Waals surface area contributed by atoms with Crippen LogP contribution in [0.25, 0.3) is 0 Å². The molecule has 1 saturated carbocycles. The van der Waals surface area contributed by atoms with Gasteiger partial charge in [-0.15, -0.1) is 10.2 Å². The molecule has 0 N–H and O–H groups in total. The summed E-state index contributed by atoms with van der Waals surface area (Å²) < 4.78 is 2.61. The Morgan fingerprint density at radius 2 is 2.26 bits per heavy atom. The number of halogens is 1. The van der Waals surface area contributed by atoms with Crippen molar-refractivity contribution in [2.75, 3.05) is 0 Å². The third kappa shape index (κ3) is 1.80. The van der Waals surface area contributed by atoms with Gasteiger partial charge in [-0.3, -0.25) is 0 Å².